The lowest BCUT2D eigenvalue weighted by Crippen LogP contribution is -2.32. The third-order valence-corrected chi connectivity index (χ3v) is 4.68. The van der Waals surface area contributed by atoms with Crippen LogP contribution in [0.1, 0.15) is 17.5 Å². The summed E-state index contributed by atoms with van der Waals surface area (Å²) in [7, 11) is 2.05. The third-order valence-electron chi connectivity index (χ3n) is 4.68. The third kappa shape index (κ3) is 4.46. The lowest BCUT2D eigenvalue weighted by atomic mass is 10.1. The van der Waals surface area contributed by atoms with E-state index in [2.05, 4.69) is 52.5 Å². The fourth-order valence-electron chi connectivity index (χ4n) is 3.14. The highest BCUT2D eigenvalue weighted by Crippen LogP contribution is 2.18. The van der Waals surface area contributed by atoms with Crippen LogP contribution in [-0.2, 0) is 13.1 Å². The SMILES string of the molecule is Cc1cc2ncn(CC(O)CN(C)CCCn3ccnc3)c2cc1C. The second-order valence-corrected chi connectivity index (χ2v) is 6.89. The Morgan fingerprint density at radius 2 is 2.00 bits per heavy atom. The second kappa shape index (κ2) is 7.80. The number of imidazole rings is 2. The van der Waals surface area contributed by atoms with Crippen LogP contribution in [0.5, 0.6) is 0 Å². The Labute approximate surface area is 148 Å². The van der Waals surface area contributed by atoms with Crippen molar-refractivity contribution in [2.45, 2.75) is 39.5 Å². The number of rotatable bonds is 8. The van der Waals surface area contributed by atoms with Gasteiger partial charge in [0.1, 0.15) is 0 Å². The average Bonchev–Trinajstić information content (AvgIpc) is 3.19. The first-order valence-corrected chi connectivity index (χ1v) is 8.77. The van der Waals surface area contributed by atoms with E-state index in [-0.39, 0.29) is 0 Å². The Hall–Kier alpha value is -2.18. The fourth-order valence-corrected chi connectivity index (χ4v) is 3.14. The zero-order chi connectivity index (χ0) is 17.8. The highest BCUT2D eigenvalue weighted by molar-refractivity contribution is 5.77. The van der Waals surface area contributed by atoms with Crippen molar-refractivity contribution in [3.05, 3.63) is 48.3 Å². The van der Waals surface area contributed by atoms with E-state index < -0.39 is 6.10 Å². The predicted molar refractivity (Wildman–Crippen MR) is 99.6 cm³/mol. The number of aryl methyl sites for hydroxylation is 3. The zero-order valence-corrected chi connectivity index (χ0v) is 15.3. The molecule has 1 N–H and O–H groups in total. The summed E-state index contributed by atoms with van der Waals surface area (Å²) in [5.74, 6) is 0. The summed E-state index contributed by atoms with van der Waals surface area (Å²) in [6, 6.07) is 4.26. The Morgan fingerprint density at radius 1 is 1.20 bits per heavy atom. The first kappa shape index (κ1) is 17.6. The van der Waals surface area contributed by atoms with Crippen LogP contribution in [0.4, 0.5) is 0 Å². The summed E-state index contributed by atoms with van der Waals surface area (Å²) in [4.78, 5) is 10.7. The van der Waals surface area contributed by atoms with Gasteiger partial charge in [-0.1, -0.05) is 0 Å². The van der Waals surface area contributed by atoms with Crippen molar-refractivity contribution in [2.75, 3.05) is 20.1 Å². The molecule has 1 aromatic carbocycles. The van der Waals surface area contributed by atoms with Crippen molar-refractivity contribution in [3.8, 4) is 0 Å². The summed E-state index contributed by atoms with van der Waals surface area (Å²) in [6.45, 7) is 7.31. The molecule has 0 radical (unpaired) electrons. The van der Waals surface area contributed by atoms with Gasteiger partial charge in [0.25, 0.3) is 0 Å². The van der Waals surface area contributed by atoms with Gasteiger partial charge in [-0.05, 0) is 57.1 Å². The summed E-state index contributed by atoms with van der Waals surface area (Å²) < 4.78 is 4.12. The topological polar surface area (TPSA) is 59.1 Å². The number of aliphatic hydroxyl groups excluding tert-OH is 1. The van der Waals surface area contributed by atoms with Gasteiger partial charge in [-0.15, -0.1) is 0 Å². The van der Waals surface area contributed by atoms with Gasteiger partial charge in [0, 0.05) is 25.5 Å². The molecule has 0 spiro atoms. The van der Waals surface area contributed by atoms with Gasteiger partial charge in [0.05, 0.1) is 36.3 Å². The molecule has 0 fully saturated rings. The second-order valence-electron chi connectivity index (χ2n) is 6.89. The molecule has 0 aliphatic heterocycles. The van der Waals surface area contributed by atoms with E-state index in [0.29, 0.717) is 13.1 Å². The van der Waals surface area contributed by atoms with E-state index in [1.807, 2.05) is 23.4 Å². The first-order chi connectivity index (χ1) is 12.0. The number of hydrogen-bond donors (Lipinski definition) is 1. The predicted octanol–water partition coefficient (Wildman–Crippen LogP) is 2.23. The lowest BCUT2D eigenvalue weighted by Gasteiger charge is -2.21. The van der Waals surface area contributed by atoms with E-state index in [4.69, 9.17) is 0 Å². The molecule has 0 aliphatic rings. The van der Waals surface area contributed by atoms with Gasteiger partial charge >= 0.3 is 0 Å². The number of aromatic nitrogens is 4. The van der Waals surface area contributed by atoms with Crippen LogP contribution in [-0.4, -0.2) is 55.3 Å². The summed E-state index contributed by atoms with van der Waals surface area (Å²) >= 11 is 0. The molecule has 3 aromatic rings. The first-order valence-electron chi connectivity index (χ1n) is 8.77. The number of aliphatic hydroxyl groups is 1. The standard InChI is InChI=1S/C19H27N5O/c1-15-9-18-19(10-16(15)2)24(14-21-18)12-17(25)11-22(3)6-4-7-23-8-5-20-13-23/h5,8-10,13-14,17,25H,4,6-7,11-12H2,1-3H3. The summed E-state index contributed by atoms with van der Waals surface area (Å²) in [5, 5.41) is 10.5. The van der Waals surface area contributed by atoms with Crippen LogP contribution in [0.15, 0.2) is 37.2 Å². The molecule has 0 saturated carbocycles. The molecule has 0 saturated heterocycles. The van der Waals surface area contributed by atoms with Crippen LogP contribution in [0.25, 0.3) is 11.0 Å². The molecule has 25 heavy (non-hydrogen) atoms. The molecule has 0 bridgehead atoms. The van der Waals surface area contributed by atoms with Crippen molar-refractivity contribution in [1.29, 1.82) is 0 Å². The molecule has 3 rings (SSSR count). The van der Waals surface area contributed by atoms with E-state index in [1.54, 1.807) is 6.20 Å². The van der Waals surface area contributed by atoms with Crippen molar-refractivity contribution >= 4 is 11.0 Å². The number of likely N-dealkylation sites (N-methyl/N-ethyl adjacent to an activating group) is 1. The van der Waals surface area contributed by atoms with Crippen molar-refractivity contribution in [2.24, 2.45) is 0 Å². The Bertz CT molecular complexity index is 809. The van der Waals surface area contributed by atoms with E-state index in [9.17, 15) is 5.11 Å². The maximum atomic E-state index is 10.5. The zero-order valence-electron chi connectivity index (χ0n) is 15.3. The molecule has 0 amide bonds. The highest BCUT2D eigenvalue weighted by Gasteiger charge is 2.12. The number of benzene rings is 1. The molecule has 1 atom stereocenters. The summed E-state index contributed by atoms with van der Waals surface area (Å²) in [5.41, 5.74) is 4.57. The maximum Gasteiger partial charge on any atom is 0.0959 e. The smallest absolute Gasteiger partial charge is 0.0959 e. The number of hydrogen-bond acceptors (Lipinski definition) is 4. The van der Waals surface area contributed by atoms with Gasteiger partial charge in [-0.3, -0.25) is 0 Å². The van der Waals surface area contributed by atoms with Gasteiger partial charge in [-0.2, -0.15) is 0 Å². The van der Waals surface area contributed by atoms with Gasteiger partial charge in [0.2, 0.25) is 0 Å². The normalized spacial score (nSPS) is 13.0. The Balaban J connectivity index is 1.51. The van der Waals surface area contributed by atoms with Crippen LogP contribution >= 0.6 is 0 Å². The molecular formula is C19H27N5O. The quantitative estimate of drug-likeness (QED) is 0.683. The van der Waals surface area contributed by atoms with Crippen molar-refractivity contribution in [3.63, 3.8) is 0 Å². The lowest BCUT2D eigenvalue weighted by molar-refractivity contribution is 0.110. The van der Waals surface area contributed by atoms with Crippen LogP contribution in [0.3, 0.4) is 0 Å². The Morgan fingerprint density at radius 3 is 2.76 bits per heavy atom. The van der Waals surface area contributed by atoms with E-state index in [1.165, 1.54) is 11.1 Å². The molecule has 0 aliphatic carbocycles. The molecular weight excluding hydrogens is 314 g/mol. The molecule has 1 unspecified atom stereocenters. The fraction of sp³-hybridized carbons (Fsp3) is 0.474. The van der Waals surface area contributed by atoms with Crippen molar-refractivity contribution < 1.29 is 5.11 Å². The average molecular weight is 341 g/mol. The van der Waals surface area contributed by atoms with E-state index >= 15 is 0 Å². The molecule has 134 valence electrons. The Kier molecular flexibility index (Phi) is 5.50. The largest absolute Gasteiger partial charge is 0.390 e. The van der Waals surface area contributed by atoms with E-state index in [0.717, 1.165) is 30.5 Å². The van der Waals surface area contributed by atoms with Crippen molar-refractivity contribution in [1.82, 2.24) is 24.0 Å². The molecule has 6 nitrogen and oxygen atoms in total. The van der Waals surface area contributed by atoms with Crippen LogP contribution < -0.4 is 0 Å². The minimum absolute atomic E-state index is 0.419. The van der Waals surface area contributed by atoms with Gasteiger partial charge in [0.15, 0.2) is 0 Å². The van der Waals surface area contributed by atoms with Gasteiger partial charge < -0.3 is 19.1 Å². The van der Waals surface area contributed by atoms with Gasteiger partial charge in [-0.25, -0.2) is 9.97 Å². The summed E-state index contributed by atoms with van der Waals surface area (Å²) in [6.07, 6.45) is 8.05. The van der Waals surface area contributed by atoms with Crippen LogP contribution in [0, 0.1) is 13.8 Å². The minimum atomic E-state index is -0.419. The molecule has 2 aromatic heterocycles. The number of fused-ring (bicyclic) bond motifs is 1. The monoisotopic (exact) mass is 341 g/mol. The minimum Gasteiger partial charge on any atom is -0.390 e. The van der Waals surface area contributed by atoms with Crippen LogP contribution in [0.2, 0.25) is 0 Å². The molecule has 2 heterocycles. The molecule has 6 heteroatoms. The highest BCUT2D eigenvalue weighted by atomic mass is 16.3. The maximum absolute atomic E-state index is 10.5. The number of nitrogens with zero attached hydrogens (tertiary/aromatic N) is 5.